The fourth-order valence-electron chi connectivity index (χ4n) is 5.34. The Bertz CT molecular complexity index is 1170. The van der Waals surface area contributed by atoms with Crippen molar-refractivity contribution in [3.8, 4) is 0 Å². The summed E-state index contributed by atoms with van der Waals surface area (Å²) in [6.45, 7) is 8.01. The summed E-state index contributed by atoms with van der Waals surface area (Å²) in [5.74, 6) is -0.828. The first-order valence-corrected chi connectivity index (χ1v) is 10.9. The minimum Gasteiger partial charge on any atom is -0.320 e. The molecule has 0 aromatic heterocycles. The zero-order valence-corrected chi connectivity index (χ0v) is 19.2. The van der Waals surface area contributed by atoms with Gasteiger partial charge in [0, 0.05) is 17.9 Å². The number of aryl methyl sites for hydroxylation is 1. The predicted molar refractivity (Wildman–Crippen MR) is 124 cm³/mol. The van der Waals surface area contributed by atoms with Crippen LogP contribution in [0.15, 0.2) is 53.7 Å². The van der Waals surface area contributed by atoms with Crippen molar-refractivity contribution >= 4 is 29.0 Å². The van der Waals surface area contributed by atoms with Crippen molar-refractivity contribution in [2.75, 3.05) is 5.32 Å². The monoisotopic (exact) mass is 449 g/mol. The zero-order chi connectivity index (χ0) is 24.0. The molecule has 0 radical (unpaired) electrons. The lowest BCUT2D eigenvalue weighted by Crippen LogP contribution is -2.43. The van der Waals surface area contributed by atoms with Crippen LogP contribution < -0.4 is 5.32 Å². The summed E-state index contributed by atoms with van der Waals surface area (Å²) in [4.78, 5) is 42.2. The largest absolute Gasteiger partial charge is 0.365 e. The Morgan fingerprint density at radius 2 is 1.73 bits per heavy atom. The van der Waals surface area contributed by atoms with E-state index in [0.717, 1.165) is 5.56 Å². The minimum absolute atomic E-state index is 0.153. The fourth-order valence-corrected chi connectivity index (χ4v) is 5.34. The smallest absolute Gasteiger partial charge is 0.320 e. The third kappa shape index (κ3) is 3.41. The van der Waals surface area contributed by atoms with Gasteiger partial charge in [-0.1, -0.05) is 55.8 Å². The van der Waals surface area contributed by atoms with Crippen molar-refractivity contribution in [1.29, 1.82) is 0 Å². The van der Waals surface area contributed by atoms with Crippen molar-refractivity contribution in [2.45, 2.75) is 47.0 Å². The van der Waals surface area contributed by atoms with Gasteiger partial charge in [-0.15, -0.1) is 0 Å². The molecule has 172 valence electrons. The topological polar surface area (TPSA) is 111 Å². The number of carbonyl (C=O) groups is 2. The van der Waals surface area contributed by atoms with Gasteiger partial charge in [-0.05, 0) is 43.4 Å². The molecule has 2 aromatic rings. The Morgan fingerprint density at radius 3 is 2.39 bits per heavy atom. The molecule has 8 heteroatoms. The van der Waals surface area contributed by atoms with Crippen LogP contribution >= 0.6 is 0 Å². The summed E-state index contributed by atoms with van der Waals surface area (Å²) in [7, 11) is 0. The molecule has 2 unspecified atom stereocenters. The Labute approximate surface area is 192 Å². The SMILES string of the molecule is Cc1ccc(C(=O)ON=C2CC3(C(=O)Nc4ccccc4[N+](=O)[O-])CCC2(C)C3(C)C)cc1. The molecule has 8 nitrogen and oxygen atoms in total. The van der Waals surface area contributed by atoms with E-state index in [1.807, 2.05) is 39.8 Å². The van der Waals surface area contributed by atoms with Crippen molar-refractivity contribution in [1.82, 2.24) is 0 Å². The summed E-state index contributed by atoms with van der Waals surface area (Å²) >= 11 is 0. The first-order valence-electron chi connectivity index (χ1n) is 10.9. The number of carbonyl (C=O) groups excluding carboxylic acids is 2. The number of nitrogens with one attached hydrogen (secondary N) is 1. The number of benzene rings is 2. The number of nitrogens with zero attached hydrogens (tertiary/aromatic N) is 2. The summed E-state index contributed by atoms with van der Waals surface area (Å²) < 4.78 is 0. The van der Waals surface area contributed by atoms with Crippen LogP contribution in [-0.2, 0) is 9.63 Å². The first kappa shape index (κ1) is 22.6. The third-order valence-electron chi connectivity index (χ3n) is 8.04. The van der Waals surface area contributed by atoms with Gasteiger partial charge in [0.2, 0.25) is 5.91 Å². The van der Waals surface area contributed by atoms with Gasteiger partial charge in [-0.3, -0.25) is 14.9 Å². The van der Waals surface area contributed by atoms with E-state index in [2.05, 4.69) is 10.5 Å². The minimum atomic E-state index is -0.819. The summed E-state index contributed by atoms with van der Waals surface area (Å²) in [6.07, 6.45) is 1.64. The number of nitro benzene ring substituents is 1. The molecular weight excluding hydrogens is 422 g/mol. The van der Waals surface area contributed by atoms with Gasteiger partial charge >= 0.3 is 5.97 Å². The molecule has 1 amide bonds. The van der Waals surface area contributed by atoms with Crippen LogP contribution in [0.3, 0.4) is 0 Å². The van der Waals surface area contributed by atoms with Crippen LogP contribution in [0.25, 0.3) is 0 Å². The van der Waals surface area contributed by atoms with Crippen LogP contribution in [0.2, 0.25) is 0 Å². The molecular formula is C25H27N3O5. The Kier molecular flexibility index (Phi) is 5.35. The number of amides is 1. The Balaban J connectivity index is 1.60. The van der Waals surface area contributed by atoms with Crippen molar-refractivity contribution in [3.63, 3.8) is 0 Å². The molecule has 2 bridgehead atoms. The van der Waals surface area contributed by atoms with Gasteiger partial charge in [0.1, 0.15) is 5.69 Å². The number of oxime groups is 1. The molecule has 4 rings (SSSR count). The molecule has 0 saturated heterocycles. The predicted octanol–water partition coefficient (Wildman–Crippen LogP) is 5.27. The zero-order valence-electron chi connectivity index (χ0n) is 19.2. The van der Waals surface area contributed by atoms with Crippen LogP contribution in [-0.4, -0.2) is 22.5 Å². The maximum atomic E-state index is 13.6. The summed E-state index contributed by atoms with van der Waals surface area (Å²) in [5, 5.41) is 18.4. The standard InChI is InChI=1S/C25H27N3O5/c1-16-9-11-17(12-10-16)21(29)33-27-20-15-25(14-13-24(20,4)23(25,2)3)22(30)26-18-7-5-6-8-19(18)28(31)32/h5-12H,13-15H2,1-4H3,(H,26,30). The molecule has 0 heterocycles. The molecule has 2 fully saturated rings. The summed E-state index contributed by atoms with van der Waals surface area (Å²) in [6, 6.07) is 13.1. The van der Waals surface area contributed by atoms with Gasteiger partial charge in [0.15, 0.2) is 0 Å². The molecule has 1 N–H and O–H groups in total. The highest BCUT2D eigenvalue weighted by atomic mass is 16.7. The first-order chi connectivity index (χ1) is 15.5. The lowest BCUT2D eigenvalue weighted by Gasteiger charge is -2.39. The second-order valence-corrected chi connectivity index (χ2v) is 9.73. The highest BCUT2D eigenvalue weighted by molar-refractivity contribution is 6.07. The quantitative estimate of drug-likeness (QED) is 0.380. The molecule has 2 aliphatic carbocycles. The number of nitro groups is 1. The summed E-state index contributed by atoms with van der Waals surface area (Å²) in [5.41, 5.74) is 0.358. The van der Waals surface area contributed by atoms with Crippen LogP contribution in [0.5, 0.6) is 0 Å². The van der Waals surface area contributed by atoms with E-state index in [1.165, 1.54) is 12.1 Å². The van der Waals surface area contributed by atoms with Gasteiger partial charge in [0.05, 0.1) is 21.6 Å². The van der Waals surface area contributed by atoms with Crippen molar-refractivity contribution < 1.29 is 19.3 Å². The van der Waals surface area contributed by atoms with E-state index < -0.39 is 27.1 Å². The van der Waals surface area contributed by atoms with Crippen LogP contribution in [0.4, 0.5) is 11.4 Å². The average Bonchev–Trinajstić information content (AvgIpc) is 3.09. The maximum Gasteiger partial charge on any atom is 0.365 e. The van der Waals surface area contributed by atoms with E-state index in [0.29, 0.717) is 30.5 Å². The highest BCUT2D eigenvalue weighted by Crippen LogP contribution is 2.71. The normalized spacial score (nSPS) is 26.2. The fraction of sp³-hybridized carbons (Fsp3) is 0.400. The number of fused-ring (bicyclic) bond motifs is 2. The lowest BCUT2D eigenvalue weighted by molar-refractivity contribution is -0.383. The van der Waals surface area contributed by atoms with Gasteiger partial charge in [0.25, 0.3) is 5.69 Å². The molecule has 2 aliphatic rings. The van der Waals surface area contributed by atoms with E-state index >= 15 is 0 Å². The average molecular weight is 450 g/mol. The molecule has 2 aromatic carbocycles. The van der Waals surface area contributed by atoms with Crippen LogP contribution in [0.1, 0.15) is 56.0 Å². The number of anilines is 1. The molecule has 33 heavy (non-hydrogen) atoms. The Hall–Kier alpha value is -3.55. The highest BCUT2D eigenvalue weighted by Gasteiger charge is 2.71. The van der Waals surface area contributed by atoms with E-state index in [4.69, 9.17) is 4.84 Å². The third-order valence-corrected chi connectivity index (χ3v) is 8.04. The molecule has 2 saturated carbocycles. The van der Waals surface area contributed by atoms with Crippen molar-refractivity contribution in [3.05, 3.63) is 69.8 Å². The number of hydrogen-bond acceptors (Lipinski definition) is 6. The second-order valence-electron chi connectivity index (χ2n) is 9.73. The molecule has 0 aliphatic heterocycles. The Morgan fingerprint density at radius 1 is 1.06 bits per heavy atom. The number of hydrogen-bond donors (Lipinski definition) is 1. The molecule has 0 spiro atoms. The number of para-hydroxylation sites is 2. The maximum absolute atomic E-state index is 13.6. The van der Waals surface area contributed by atoms with Gasteiger partial charge in [-0.2, -0.15) is 0 Å². The van der Waals surface area contributed by atoms with E-state index in [1.54, 1.807) is 24.3 Å². The molecule has 2 atom stereocenters. The lowest BCUT2D eigenvalue weighted by atomic mass is 9.64. The van der Waals surface area contributed by atoms with E-state index in [9.17, 15) is 19.7 Å². The van der Waals surface area contributed by atoms with Crippen molar-refractivity contribution in [2.24, 2.45) is 21.4 Å². The van der Waals surface area contributed by atoms with E-state index in [-0.39, 0.29) is 17.3 Å². The van der Waals surface area contributed by atoms with Gasteiger partial charge < -0.3 is 10.2 Å². The second kappa shape index (κ2) is 7.79. The van der Waals surface area contributed by atoms with Crippen LogP contribution in [0, 0.1) is 33.3 Å². The number of rotatable bonds is 5. The van der Waals surface area contributed by atoms with Gasteiger partial charge in [-0.25, -0.2) is 4.79 Å².